The molecule has 0 radical (unpaired) electrons. The van der Waals surface area contributed by atoms with Crippen LogP contribution in [0.2, 0.25) is 0 Å². The average molecular weight is 471 g/mol. The van der Waals surface area contributed by atoms with Gasteiger partial charge in [0.25, 0.3) is 11.7 Å². The molecule has 0 bridgehead atoms. The topological polar surface area (TPSA) is 70.1 Å². The molecule has 0 aliphatic carbocycles. The Hall–Kier alpha value is -4.06. The highest BCUT2D eigenvalue weighted by Crippen LogP contribution is 2.43. The second kappa shape index (κ2) is 10.1. The second-order valence-electron chi connectivity index (χ2n) is 8.82. The maximum absolute atomic E-state index is 13.4. The summed E-state index contributed by atoms with van der Waals surface area (Å²) in [5, 5.41) is 11.4. The maximum Gasteiger partial charge on any atom is 0.300 e. The molecule has 1 aliphatic rings. The highest BCUT2D eigenvalue weighted by Gasteiger charge is 2.47. The van der Waals surface area contributed by atoms with Gasteiger partial charge in [-0.3, -0.25) is 14.5 Å². The minimum absolute atomic E-state index is 0.0588. The quantitative estimate of drug-likeness (QED) is 0.281. The first kappa shape index (κ1) is 24.1. The lowest BCUT2D eigenvalue weighted by Crippen LogP contribution is -2.30. The monoisotopic (exact) mass is 470 g/mol. The fraction of sp³-hybridized carbons (Fsp3) is 0.241. The normalized spacial score (nSPS) is 17.0. The molecule has 1 fully saturated rings. The number of aryl methyl sites for hydroxylation is 1. The minimum Gasteiger partial charge on any atom is -0.507 e. The van der Waals surface area contributed by atoms with E-state index >= 15 is 0 Å². The van der Waals surface area contributed by atoms with E-state index in [0.29, 0.717) is 23.6 Å². The van der Waals surface area contributed by atoms with Crippen LogP contribution in [0, 0.1) is 6.92 Å². The van der Waals surface area contributed by atoms with Crippen LogP contribution >= 0.6 is 0 Å². The molecule has 1 aliphatic heterocycles. The summed E-state index contributed by atoms with van der Waals surface area (Å²) >= 11 is 0. The van der Waals surface area contributed by atoms with Crippen LogP contribution in [0.15, 0.2) is 78.4 Å². The Labute approximate surface area is 206 Å². The number of benzene rings is 3. The highest BCUT2D eigenvalue weighted by molar-refractivity contribution is 6.51. The first-order valence-corrected chi connectivity index (χ1v) is 11.7. The van der Waals surface area contributed by atoms with Crippen LogP contribution in [0.3, 0.4) is 0 Å². The van der Waals surface area contributed by atoms with Crippen molar-refractivity contribution in [2.45, 2.75) is 26.3 Å². The van der Waals surface area contributed by atoms with Crippen LogP contribution in [0.5, 0.6) is 5.75 Å². The Morgan fingerprint density at radius 2 is 1.71 bits per heavy atom. The number of carbonyl (C=O) groups excluding carboxylic acids is 2. The number of Topliss-reactive ketones (excluding diaryl/α,β-unsaturated/α-hetero) is 1. The van der Waals surface area contributed by atoms with E-state index in [9.17, 15) is 14.7 Å². The molecular weight excluding hydrogens is 440 g/mol. The van der Waals surface area contributed by atoms with Gasteiger partial charge in [-0.25, -0.2) is 0 Å². The van der Waals surface area contributed by atoms with Gasteiger partial charge in [-0.1, -0.05) is 49.4 Å². The van der Waals surface area contributed by atoms with Gasteiger partial charge in [0.2, 0.25) is 0 Å². The molecular formula is C29H30N2O4. The molecule has 180 valence electrons. The van der Waals surface area contributed by atoms with Gasteiger partial charge in [-0.2, -0.15) is 0 Å². The van der Waals surface area contributed by atoms with Crippen molar-refractivity contribution in [2.75, 3.05) is 30.5 Å². The van der Waals surface area contributed by atoms with Crippen molar-refractivity contribution in [1.82, 2.24) is 0 Å². The van der Waals surface area contributed by atoms with E-state index in [0.717, 1.165) is 23.2 Å². The predicted molar refractivity (Wildman–Crippen MR) is 139 cm³/mol. The molecule has 0 aromatic heterocycles. The molecule has 4 rings (SSSR count). The number of ketones is 1. The lowest BCUT2D eigenvalue weighted by Gasteiger charge is -2.27. The number of rotatable bonds is 7. The van der Waals surface area contributed by atoms with Crippen LogP contribution in [-0.2, 0) is 9.59 Å². The number of amides is 1. The van der Waals surface area contributed by atoms with Crippen LogP contribution in [0.1, 0.15) is 36.1 Å². The molecule has 1 unspecified atom stereocenters. The summed E-state index contributed by atoms with van der Waals surface area (Å²) in [7, 11) is 3.89. The van der Waals surface area contributed by atoms with Crippen molar-refractivity contribution in [2.24, 2.45) is 0 Å². The van der Waals surface area contributed by atoms with Gasteiger partial charge in [0.1, 0.15) is 11.5 Å². The first-order valence-electron chi connectivity index (χ1n) is 11.7. The lowest BCUT2D eigenvalue weighted by atomic mass is 9.94. The minimum atomic E-state index is -0.771. The SMILES string of the molecule is CCCOc1cccc(/C(O)=C2/C(=O)C(=O)N(c3ccccc3C)C2c2ccc(N(C)C)cc2)c1. The maximum atomic E-state index is 13.4. The largest absolute Gasteiger partial charge is 0.507 e. The first-order chi connectivity index (χ1) is 16.8. The number of aliphatic hydroxyl groups excluding tert-OH is 1. The molecule has 0 spiro atoms. The van der Waals surface area contributed by atoms with E-state index in [1.807, 2.05) is 81.4 Å². The lowest BCUT2D eigenvalue weighted by molar-refractivity contribution is -0.132. The number of hydrogen-bond acceptors (Lipinski definition) is 5. The molecule has 6 heteroatoms. The Bertz CT molecular complexity index is 1280. The molecule has 0 saturated carbocycles. The van der Waals surface area contributed by atoms with Crippen molar-refractivity contribution < 1.29 is 19.4 Å². The summed E-state index contributed by atoms with van der Waals surface area (Å²) < 4.78 is 5.71. The van der Waals surface area contributed by atoms with E-state index < -0.39 is 17.7 Å². The molecule has 1 saturated heterocycles. The highest BCUT2D eigenvalue weighted by atomic mass is 16.5. The van der Waals surface area contributed by atoms with Crippen LogP contribution in [-0.4, -0.2) is 37.5 Å². The average Bonchev–Trinajstić information content (AvgIpc) is 3.13. The van der Waals surface area contributed by atoms with Gasteiger partial charge in [0, 0.05) is 31.0 Å². The number of para-hydroxylation sites is 1. The van der Waals surface area contributed by atoms with Crippen molar-refractivity contribution in [3.05, 3.63) is 95.1 Å². The van der Waals surface area contributed by atoms with Crippen LogP contribution in [0.4, 0.5) is 11.4 Å². The molecule has 6 nitrogen and oxygen atoms in total. The van der Waals surface area contributed by atoms with Gasteiger partial charge in [-0.15, -0.1) is 0 Å². The number of aliphatic hydroxyl groups is 1. The summed E-state index contributed by atoms with van der Waals surface area (Å²) in [6.07, 6.45) is 0.848. The summed E-state index contributed by atoms with van der Waals surface area (Å²) in [4.78, 5) is 30.2. The zero-order chi connectivity index (χ0) is 25.1. The van der Waals surface area contributed by atoms with Crippen molar-refractivity contribution in [1.29, 1.82) is 0 Å². The Balaban J connectivity index is 1.90. The fourth-order valence-electron chi connectivity index (χ4n) is 4.29. The van der Waals surface area contributed by atoms with Crippen molar-refractivity contribution >= 4 is 28.8 Å². The van der Waals surface area contributed by atoms with E-state index in [-0.39, 0.29) is 11.3 Å². The summed E-state index contributed by atoms with van der Waals surface area (Å²) in [6.45, 7) is 4.45. The molecule has 3 aromatic carbocycles. The third kappa shape index (κ3) is 4.64. The molecule has 35 heavy (non-hydrogen) atoms. The zero-order valence-electron chi connectivity index (χ0n) is 20.5. The molecule has 1 N–H and O–H groups in total. The van der Waals surface area contributed by atoms with Gasteiger partial charge in [0.15, 0.2) is 0 Å². The number of carbonyl (C=O) groups is 2. The third-order valence-corrected chi connectivity index (χ3v) is 6.12. The van der Waals surface area contributed by atoms with Gasteiger partial charge < -0.3 is 14.7 Å². The third-order valence-electron chi connectivity index (χ3n) is 6.12. The van der Waals surface area contributed by atoms with Crippen molar-refractivity contribution in [3.63, 3.8) is 0 Å². The zero-order valence-corrected chi connectivity index (χ0v) is 20.5. The van der Waals surface area contributed by atoms with Crippen LogP contribution in [0.25, 0.3) is 5.76 Å². The van der Waals surface area contributed by atoms with Gasteiger partial charge in [-0.05, 0) is 54.8 Å². The van der Waals surface area contributed by atoms with Crippen molar-refractivity contribution in [3.8, 4) is 5.75 Å². The number of nitrogens with zero attached hydrogens (tertiary/aromatic N) is 2. The Morgan fingerprint density at radius 1 is 1.00 bits per heavy atom. The molecule has 1 amide bonds. The van der Waals surface area contributed by atoms with E-state index in [2.05, 4.69) is 0 Å². The molecule has 1 heterocycles. The standard InChI is InChI=1S/C29H30N2O4/c1-5-17-35-23-11-8-10-21(18-23)27(32)25-26(20-13-15-22(16-14-20)30(3)4)31(29(34)28(25)33)24-12-7-6-9-19(24)2/h6-16,18,26,32H,5,17H2,1-4H3/b27-25-. The van der Waals surface area contributed by atoms with E-state index in [1.54, 1.807) is 24.3 Å². The Morgan fingerprint density at radius 3 is 2.37 bits per heavy atom. The predicted octanol–water partition coefficient (Wildman–Crippen LogP) is 5.48. The smallest absolute Gasteiger partial charge is 0.300 e. The molecule has 3 aromatic rings. The number of anilines is 2. The van der Waals surface area contributed by atoms with E-state index in [4.69, 9.17) is 4.74 Å². The Kier molecular flexibility index (Phi) is 6.92. The molecule has 1 atom stereocenters. The van der Waals surface area contributed by atoms with Gasteiger partial charge in [0.05, 0.1) is 18.2 Å². The van der Waals surface area contributed by atoms with Crippen LogP contribution < -0.4 is 14.5 Å². The second-order valence-corrected chi connectivity index (χ2v) is 8.82. The summed E-state index contributed by atoms with van der Waals surface area (Å²) in [5.74, 6) is -1.01. The number of hydrogen-bond donors (Lipinski definition) is 1. The summed E-state index contributed by atoms with van der Waals surface area (Å²) in [6, 6.07) is 21.3. The summed E-state index contributed by atoms with van der Waals surface area (Å²) in [5.41, 5.74) is 3.70. The fourth-order valence-corrected chi connectivity index (χ4v) is 4.29. The number of ether oxygens (including phenoxy) is 1. The van der Waals surface area contributed by atoms with E-state index in [1.165, 1.54) is 4.90 Å². The van der Waals surface area contributed by atoms with Gasteiger partial charge >= 0.3 is 0 Å².